The predicted octanol–water partition coefficient (Wildman–Crippen LogP) is 3.41. The fourth-order valence-corrected chi connectivity index (χ4v) is 2.93. The molecule has 3 rings (SSSR count). The summed E-state index contributed by atoms with van der Waals surface area (Å²) in [6, 6.07) is 12.1. The minimum atomic E-state index is 0. The first-order valence-corrected chi connectivity index (χ1v) is 9.10. The Morgan fingerprint density at radius 2 is 1.86 bits per heavy atom. The molecule has 0 bridgehead atoms. The van der Waals surface area contributed by atoms with Crippen LogP contribution in [0.15, 0.2) is 60.0 Å². The molecule has 0 radical (unpaired) electrons. The van der Waals surface area contributed by atoms with Crippen LogP contribution in [0.3, 0.4) is 0 Å². The van der Waals surface area contributed by atoms with Crippen LogP contribution in [0, 0.1) is 6.92 Å². The highest BCUT2D eigenvalue weighted by molar-refractivity contribution is 14.0. The number of aromatic nitrogens is 3. The van der Waals surface area contributed by atoms with Crippen LogP contribution in [0.4, 0.5) is 0 Å². The number of guanidine groups is 1. The van der Waals surface area contributed by atoms with E-state index < -0.39 is 0 Å². The lowest BCUT2D eigenvalue weighted by Gasteiger charge is -2.22. The van der Waals surface area contributed by atoms with Crippen LogP contribution < -0.4 is 10.1 Å². The lowest BCUT2D eigenvalue weighted by Crippen LogP contribution is -2.38. The van der Waals surface area contributed by atoms with Crippen molar-refractivity contribution in [2.24, 2.45) is 4.99 Å². The Labute approximate surface area is 188 Å². The molecule has 2 aromatic heterocycles. The number of methoxy groups -OCH3 is 1. The van der Waals surface area contributed by atoms with Gasteiger partial charge in [-0.3, -0.25) is 9.56 Å². The third kappa shape index (κ3) is 5.93. The third-order valence-corrected chi connectivity index (χ3v) is 4.48. The van der Waals surface area contributed by atoms with Crippen molar-refractivity contribution in [2.75, 3.05) is 21.2 Å². The molecule has 0 aliphatic heterocycles. The van der Waals surface area contributed by atoms with Gasteiger partial charge in [0, 0.05) is 45.8 Å². The largest absolute Gasteiger partial charge is 0.497 e. The van der Waals surface area contributed by atoms with Crippen molar-refractivity contribution in [3.63, 3.8) is 0 Å². The van der Waals surface area contributed by atoms with E-state index in [2.05, 4.69) is 43.4 Å². The van der Waals surface area contributed by atoms with Crippen molar-refractivity contribution in [2.45, 2.75) is 20.0 Å². The Bertz CT molecular complexity index is 921. The number of hydrogen-bond donors (Lipinski definition) is 1. The first-order chi connectivity index (χ1) is 13.6. The van der Waals surface area contributed by atoms with Gasteiger partial charge in [-0.25, -0.2) is 9.97 Å². The number of nitrogens with one attached hydrogen (secondary N) is 1. The molecule has 0 fully saturated rings. The fraction of sp³-hybridized carbons (Fsp3) is 0.286. The van der Waals surface area contributed by atoms with Crippen molar-refractivity contribution in [3.8, 4) is 11.6 Å². The first kappa shape index (κ1) is 22.7. The van der Waals surface area contributed by atoms with Crippen LogP contribution in [-0.4, -0.2) is 46.6 Å². The van der Waals surface area contributed by atoms with Crippen LogP contribution in [0.1, 0.15) is 17.0 Å². The number of benzene rings is 1. The molecule has 0 saturated carbocycles. The summed E-state index contributed by atoms with van der Waals surface area (Å²) in [4.78, 5) is 15.2. The molecule has 1 aromatic carbocycles. The quantitative estimate of drug-likeness (QED) is 0.316. The van der Waals surface area contributed by atoms with E-state index in [1.807, 2.05) is 49.1 Å². The number of hydrogen-bond acceptors (Lipinski definition) is 4. The van der Waals surface area contributed by atoms with Crippen molar-refractivity contribution >= 4 is 29.9 Å². The zero-order valence-corrected chi connectivity index (χ0v) is 19.5. The molecule has 0 spiro atoms. The molecule has 0 saturated heterocycles. The normalized spacial score (nSPS) is 11.0. The molecule has 1 N–H and O–H groups in total. The molecule has 0 unspecified atom stereocenters. The predicted molar refractivity (Wildman–Crippen MR) is 126 cm³/mol. The molecule has 0 amide bonds. The second kappa shape index (κ2) is 10.8. The summed E-state index contributed by atoms with van der Waals surface area (Å²) in [6.45, 7) is 3.36. The monoisotopic (exact) mass is 506 g/mol. The molecule has 0 aliphatic carbocycles. The number of aliphatic imine (C=N–C) groups is 1. The summed E-state index contributed by atoms with van der Waals surface area (Å²) in [5.41, 5.74) is 2.27. The van der Waals surface area contributed by atoms with Gasteiger partial charge in [0.25, 0.3) is 0 Å². The maximum atomic E-state index is 5.21. The van der Waals surface area contributed by atoms with E-state index in [1.54, 1.807) is 20.4 Å². The van der Waals surface area contributed by atoms with Crippen LogP contribution in [0.5, 0.6) is 5.75 Å². The van der Waals surface area contributed by atoms with E-state index >= 15 is 0 Å². The molecule has 8 heteroatoms. The molecule has 7 nitrogen and oxygen atoms in total. The zero-order chi connectivity index (χ0) is 19.9. The third-order valence-electron chi connectivity index (χ3n) is 4.48. The average molecular weight is 506 g/mol. The first-order valence-electron chi connectivity index (χ1n) is 9.10. The van der Waals surface area contributed by atoms with E-state index in [0.717, 1.165) is 35.5 Å². The maximum absolute atomic E-state index is 5.21. The molecule has 0 atom stereocenters. The summed E-state index contributed by atoms with van der Waals surface area (Å²) in [6.07, 6.45) is 5.55. The van der Waals surface area contributed by atoms with Gasteiger partial charge < -0.3 is 15.0 Å². The number of imidazole rings is 1. The summed E-state index contributed by atoms with van der Waals surface area (Å²) in [5.74, 6) is 3.46. The van der Waals surface area contributed by atoms with E-state index in [4.69, 9.17) is 4.74 Å². The number of rotatable bonds is 6. The summed E-state index contributed by atoms with van der Waals surface area (Å²) >= 11 is 0. The van der Waals surface area contributed by atoms with Crippen LogP contribution >= 0.6 is 24.0 Å². The molecule has 3 aromatic rings. The van der Waals surface area contributed by atoms with Gasteiger partial charge in [-0.05, 0) is 36.2 Å². The Morgan fingerprint density at radius 1 is 1.14 bits per heavy atom. The molecule has 0 aliphatic rings. The second-order valence-electron chi connectivity index (χ2n) is 6.47. The minimum Gasteiger partial charge on any atom is -0.497 e. The number of nitrogens with zero attached hydrogens (tertiary/aromatic N) is 5. The minimum absolute atomic E-state index is 0. The summed E-state index contributed by atoms with van der Waals surface area (Å²) < 4.78 is 7.17. The Balaban J connectivity index is 0.00000300. The number of ether oxygens (including phenoxy) is 1. The Morgan fingerprint density at radius 3 is 2.41 bits per heavy atom. The van der Waals surface area contributed by atoms with Gasteiger partial charge in [0.1, 0.15) is 17.4 Å². The van der Waals surface area contributed by atoms with Gasteiger partial charge in [0.2, 0.25) is 0 Å². The molecular formula is C21H27IN6O. The lowest BCUT2D eigenvalue weighted by atomic mass is 10.2. The van der Waals surface area contributed by atoms with E-state index in [-0.39, 0.29) is 24.0 Å². The molecule has 154 valence electrons. The van der Waals surface area contributed by atoms with Crippen molar-refractivity contribution in [3.05, 3.63) is 71.9 Å². The van der Waals surface area contributed by atoms with Crippen LogP contribution in [0.25, 0.3) is 5.82 Å². The van der Waals surface area contributed by atoms with E-state index in [0.29, 0.717) is 6.54 Å². The highest BCUT2D eigenvalue weighted by Crippen LogP contribution is 2.13. The van der Waals surface area contributed by atoms with Gasteiger partial charge in [0.15, 0.2) is 5.96 Å². The van der Waals surface area contributed by atoms with Gasteiger partial charge in [-0.15, -0.1) is 24.0 Å². The second-order valence-corrected chi connectivity index (χ2v) is 6.47. The van der Waals surface area contributed by atoms with E-state index in [9.17, 15) is 0 Å². The Hall–Kier alpha value is -2.62. The molecule has 2 heterocycles. The molecule has 29 heavy (non-hydrogen) atoms. The van der Waals surface area contributed by atoms with Crippen LogP contribution in [-0.2, 0) is 13.1 Å². The number of aryl methyl sites for hydroxylation is 1. The average Bonchev–Trinajstić information content (AvgIpc) is 3.15. The highest BCUT2D eigenvalue weighted by Gasteiger charge is 2.08. The topological polar surface area (TPSA) is 67.6 Å². The maximum Gasteiger partial charge on any atom is 0.193 e. The van der Waals surface area contributed by atoms with E-state index in [1.165, 1.54) is 5.56 Å². The van der Waals surface area contributed by atoms with Crippen molar-refractivity contribution in [1.82, 2.24) is 24.8 Å². The van der Waals surface area contributed by atoms with Gasteiger partial charge >= 0.3 is 0 Å². The zero-order valence-electron chi connectivity index (χ0n) is 17.2. The van der Waals surface area contributed by atoms with Gasteiger partial charge in [-0.2, -0.15) is 0 Å². The number of halogens is 1. The lowest BCUT2D eigenvalue weighted by molar-refractivity contribution is 0.414. The number of pyridine rings is 1. The summed E-state index contributed by atoms with van der Waals surface area (Å²) in [7, 11) is 5.48. The standard InChI is InChI=1S/C21H26N6O.HI/c1-16-23-11-12-27(16)20-10-7-18(13-24-20)14-25-21(22-2)26(3)15-17-5-8-19(28-4)9-6-17;/h5-13H,14-15H2,1-4H3,(H,22,25);1H. The highest BCUT2D eigenvalue weighted by atomic mass is 127. The summed E-state index contributed by atoms with van der Waals surface area (Å²) in [5, 5.41) is 3.39. The van der Waals surface area contributed by atoms with Crippen LogP contribution in [0.2, 0.25) is 0 Å². The van der Waals surface area contributed by atoms with Crippen molar-refractivity contribution < 1.29 is 4.74 Å². The fourth-order valence-electron chi connectivity index (χ4n) is 2.93. The van der Waals surface area contributed by atoms with Gasteiger partial charge in [-0.1, -0.05) is 18.2 Å². The van der Waals surface area contributed by atoms with Gasteiger partial charge in [0.05, 0.1) is 7.11 Å². The van der Waals surface area contributed by atoms with Crippen molar-refractivity contribution in [1.29, 1.82) is 0 Å². The smallest absolute Gasteiger partial charge is 0.193 e. The molecular weight excluding hydrogens is 479 g/mol. The Kier molecular flexibility index (Phi) is 8.44. The SMILES string of the molecule is CN=C(NCc1ccc(-n2ccnc2C)nc1)N(C)Cc1ccc(OC)cc1.I.